The molecule has 26 nitrogen and oxygen atoms in total. The first-order valence-electron chi connectivity index (χ1n) is 33.9. The van der Waals surface area contributed by atoms with Crippen LogP contribution in [-0.2, 0) is 62.2 Å². The molecule has 0 spiro atoms. The van der Waals surface area contributed by atoms with Gasteiger partial charge in [-0.3, -0.25) is 57.6 Å². The molecule has 0 bridgehead atoms. The number of methoxy groups -OCH3 is 1. The summed E-state index contributed by atoms with van der Waals surface area (Å²) in [5.41, 5.74) is 0. The van der Waals surface area contributed by atoms with Crippen molar-refractivity contribution in [2.24, 2.45) is 41.4 Å². The van der Waals surface area contributed by atoms with Gasteiger partial charge in [-0.15, -0.1) is 0 Å². The van der Waals surface area contributed by atoms with Gasteiger partial charge in [-0.05, 0) is 95.3 Å². The molecule has 2 rings (SSSR count). The minimum absolute atomic E-state index is 0.00722. The third-order valence-corrected chi connectivity index (χ3v) is 18.5. The number of likely N-dealkylation sites (N-methyl/N-ethyl adjacent to an activating group) is 7. The van der Waals surface area contributed by atoms with E-state index in [0.717, 1.165) is 22.9 Å². The third kappa shape index (κ3) is 22.7. The molecule has 0 saturated carbocycles. The van der Waals surface area contributed by atoms with Crippen molar-refractivity contribution < 1.29 is 67.3 Å². The van der Waals surface area contributed by atoms with Crippen molar-refractivity contribution in [3.63, 3.8) is 0 Å². The summed E-state index contributed by atoms with van der Waals surface area (Å²) in [7, 11) is 11.6. The molecule has 2 aliphatic rings. The highest BCUT2D eigenvalue weighted by atomic mass is 16.5. The van der Waals surface area contributed by atoms with E-state index in [1.807, 2.05) is 47.6 Å². The number of nitrogens with one attached hydrogen (secondary N) is 4. The highest BCUT2D eigenvalue weighted by Gasteiger charge is 2.46. The van der Waals surface area contributed by atoms with Crippen LogP contribution in [0.25, 0.3) is 0 Å². The van der Waals surface area contributed by atoms with E-state index in [9.17, 15) is 33.9 Å². The first-order chi connectivity index (χ1) is 43.6. The number of allylic oxidation sites excluding steroid dienone is 2. The second kappa shape index (κ2) is 38.5. The van der Waals surface area contributed by atoms with Crippen LogP contribution in [0.2, 0.25) is 0 Å². The van der Waals surface area contributed by atoms with Crippen molar-refractivity contribution in [3.05, 3.63) is 12.2 Å². The number of ether oxygens (including phenoxy) is 2. The van der Waals surface area contributed by atoms with Gasteiger partial charge in [-0.1, -0.05) is 102 Å². The topological polar surface area (TPSA) is 300 Å². The Morgan fingerprint density at radius 2 is 0.979 bits per heavy atom. The van der Waals surface area contributed by atoms with Gasteiger partial charge in [0.25, 0.3) is 0 Å². The first kappa shape index (κ1) is 83.8. The number of hydrogen-bond acceptors (Lipinski definition) is 15. The molecule has 14 atom stereocenters. The van der Waals surface area contributed by atoms with Gasteiger partial charge in [0.05, 0.1) is 25.4 Å². The molecule has 5 N–H and O–H groups in total. The van der Waals surface area contributed by atoms with E-state index in [4.69, 9.17) is 9.47 Å². The summed E-state index contributed by atoms with van der Waals surface area (Å²) in [6.45, 7) is 31.7. The number of carbonyl (C=O) groups excluding carboxylic acids is 11. The van der Waals surface area contributed by atoms with Crippen molar-refractivity contribution in [2.75, 3.05) is 89.3 Å². The molecule has 0 aromatic carbocycles. The Kier molecular flexibility index (Phi) is 34.3. The Bertz CT molecular complexity index is 2580. The monoisotopic (exact) mass is 1330 g/mol. The Labute approximate surface area is 562 Å². The van der Waals surface area contributed by atoms with E-state index >= 15 is 24.0 Å². The van der Waals surface area contributed by atoms with Crippen LogP contribution in [-0.4, -0.2) is 277 Å². The molecule has 0 radical (unpaired) electrons. The molecule has 94 heavy (non-hydrogen) atoms. The minimum Gasteiger partial charge on any atom is -0.390 e. The standard InChI is InChI=1S/C68H122N12O14/c1-26-28-29-43(13)57(81)56-61(85)71-49(27-2)64(88)73(18)47(17)63(87)78(23)55(44(14)37-94-31-30-80-35-48(36-80)93-25)60(84)72-53(41(9)10)67(91)74(19)50(32-38(3)4)59(83)69-45(15)58(82)70-46(16)62(86)75(20)51(33-39(5)6)65(89)76(21)52(34-40(7)8)66(90)77(22)54(42(11)12)68(92)79(56)24/h26,28,38-57,81H,27,29-37H2,1-25H3,(H,69,83)(H,70,82)(H,71,85)(H,72,84)/b28-26+/t43-,44-,45+,46-,47-,49+,50+,51+,52+,53+,54+,55+,56+,57-/m1/s1. The zero-order valence-electron chi connectivity index (χ0n) is 61.6. The van der Waals surface area contributed by atoms with Crippen LogP contribution in [0.3, 0.4) is 0 Å². The summed E-state index contributed by atoms with van der Waals surface area (Å²) in [5.74, 6) is -10.7. The van der Waals surface area contributed by atoms with Crippen molar-refractivity contribution in [3.8, 4) is 0 Å². The summed E-state index contributed by atoms with van der Waals surface area (Å²) in [6, 6.07) is -14.1. The van der Waals surface area contributed by atoms with Gasteiger partial charge in [0.15, 0.2) is 0 Å². The molecule has 0 unspecified atom stereocenters. The number of carbonyl (C=O) groups is 11. The van der Waals surface area contributed by atoms with Crippen molar-refractivity contribution in [1.29, 1.82) is 0 Å². The van der Waals surface area contributed by atoms with Gasteiger partial charge < -0.3 is 70.1 Å². The average Bonchev–Trinajstić information content (AvgIpc) is 0.829. The lowest BCUT2D eigenvalue weighted by molar-refractivity contribution is -0.157. The van der Waals surface area contributed by atoms with Crippen LogP contribution in [0, 0.1) is 41.4 Å². The molecular formula is C68H122N12O14. The van der Waals surface area contributed by atoms with Crippen LogP contribution in [0.15, 0.2) is 12.2 Å². The molecule has 538 valence electrons. The molecule has 2 fully saturated rings. The number of likely N-dealkylation sites (tertiary alicyclic amines) is 1. The van der Waals surface area contributed by atoms with Gasteiger partial charge in [-0.2, -0.15) is 0 Å². The zero-order chi connectivity index (χ0) is 72.2. The Balaban J connectivity index is 3.01. The van der Waals surface area contributed by atoms with Gasteiger partial charge >= 0.3 is 0 Å². The quantitative estimate of drug-likeness (QED) is 0.0865. The largest absolute Gasteiger partial charge is 0.390 e. The first-order valence-corrected chi connectivity index (χ1v) is 33.9. The van der Waals surface area contributed by atoms with E-state index in [1.165, 1.54) is 94.6 Å². The van der Waals surface area contributed by atoms with Crippen molar-refractivity contribution in [2.45, 2.75) is 228 Å². The lowest BCUT2D eigenvalue weighted by atomic mass is 9.91. The summed E-state index contributed by atoms with van der Waals surface area (Å²) >= 11 is 0. The van der Waals surface area contributed by atoms with Crippen molar-refractivity contribution in [1.82, 2.24) is 60.5 Å². The summed E-state index contributed by atoms with van der Waals surface area (Å²) in [6.07, 6.45) is 2.89. The van der Waals surface area contributed by atoms with Gasteiger partial charge in [0, 0.05) is 82.0 Å². The average molecular weight is 1330 g/mol. The normalized spacial score (nSPS) is 27.7. The van der Waals surface area contributed by atoms with Gasteiger partial charge in [-0.25, -0.2) is 0 Å². The Morgan fingerprint density at radius 1 is 0.511 bits per heavy atom. The molecule has 0 aliphatic carbocycles. The predicted octanol–water partition coefficient (Wildman–Crippen LogP) is 2.59. The molecule has 2 saturated heterocycles. The maximum absolute atomic E-state index is 15.3. The van der Waals surface area contributed by atoms with Crippen LogP contribution in [0.4, 0.5) is 0 Å². The second-order valence-electron chi connectivity index (χ2n) is 28.4. The van der Waals surface area contributed by atoms with E-state index < -0.39 is 161 Å². The Morgan fingerprint density at radius 3 is 1.47 bits per heavy atom. The lowest BCUT2D eigenvalue weighted by Crippen LogP contribution is -2.64. The molecule has 0 aromatic rings. The van der Waals surface area contributed by atoms with E-state index in [2.05, 4.69) is 26.2 Å². The summed E-state index contributed by atoms with van der Waals surface area (Å²) in [5, 5.41) is 23.3. The molecular weight excluding hydrogens is 1210 g/mol. The van der Waals surface area contributed by atoms with E-state index in [0.29, 0.717) is 19.6 Å². The molecule has 0 aromatic heterocycles. The summed E-state index contributed by atoms with van der Waals surface area (Å²) < 4.78 is 11.6. The number of amides is 11. The van der Waals surface area contributed by atoms with E-state index in [1.54, 1.807) is 68.6 Å². The van der Waals surface area contributed by atoms with Crippen LogP contribution < -0.4 is 21.3 Å². The zero-order valence-corrected chi connectivity index (χ0v) is 61.6. The van der Waals surface area contributed by atoms with Crippen LogP contribution in [0.1, 0.15) is 150 Å². The number of aliphatic hydroxyl groups excluding tert-OH is 1. The van der Waals surface area contributed by atoms with Crippen molar-refractivity contribution >= 4 is 65.0 Å². The van der Waals surface area contributed by atoms with Gasteiger partial charge in [0.1, 0.15) is 66.5 Å². The fourth-order valence-corrected chi connectivity index (χ4v) is 12.2. The number of nitrogens with zero attached hydrogens (tertiary/aromatic N) is 8. The minimum atomic E-state index is -1.64. The third-order valence-electron chi connectivity index (χ3n) is 18.5. The van der Waals surface area contributed by atoms with E-state index in [-0.39, 0.29) is 56.1 Å². The molecule has 26 heteroatoms. The SMILES string of the molecule is C/C=C/C[C@@H](C)[C@@H](O)[C@H]1C(=O)N[C@@H](CC)C(=O)N(C)[C@H](C)C(=O)N(C)[C@@H]([C@H](C)COCCN2CC(OC)C2)C(=O)N[C@@H](C(C)C)C(=O)N(C)[C@@H](CC(C)C)C(=O)N[C@@H](C)C(=O)N[C@H](C)C(=O)N(C)[C@@H](CC(C)C)C(=O)N(C)[C@@H](CC(C)C)C(=O)N(C)[C@@H](C(C)C)C(=O)N1C. The summed E-state index contributed by atoms with van der Waals surface area (Å²) in [4.78, 5) is 174. The fraction of sp³-hybridized carbons (Fsp3) is 0.809. The fourth-order valence-electron chi connectivity index (χ4n) is 12.2. The second-order valence-corrected chi connectivity index (χ2v) is 28.4. The molecule has 11 amide bonds. The van der Waals surface area contributed by atoms with Crippen LogP contribution >= 0.6 is 0 Å². The molecule has 2 aliphatic heterocycles. The number of hydrogen-bond donors (Lipinski definition) is 5. The van der Waals surface area contributed by atoms with Crippen LogP contribution in [0.5, 0.6) is 0 Å². The lowest BCUT2D eigenvalue weighted by Gasteiger charge is -2.41. The maximum atomic E-state index is 15.3. The highest BCUT2D eigenvalue weighted by molar-refractivity contribution is 6.00. The highest BCUT2D eigenvalue weighted by Crippen LogP contribution is 2.26. The number of aliphatic hydroxyl groups is 1. The maximum Gasteiger partial charge on any atom is 0.246 e. The predicted molar refractivity (Wildman–Crippen MR) is 361 cm³/mol. The smallest absolute Gasteiger partial charge is 0.246 e. The Hall–Kier alpha value is -6.25. The van der Waals surface area contributed by atoms with Gasteiger partial charge in [0.2, 0.25) is 65.0 Å². The molecule has 2 heterocycles. The number of rotatable bonds is 20.